The van der Waals surface area contributed by atoms with Gasteiger partial charge in [0.1, 0.15) is 12.0 Å². The number of carbonyl (C=O) groups is 1. The summed E-state index contributed by atoms with van der Waals surface area (Å²) in [4.78, 5) is 15.0. The Balaban J connectivity index is 1.83. The van der Waals surface area contributed by atoms with Crippen molar-refractivity contribution in [1.82, 2.24) is 4.90 Å². The predicted molar refractivity (Wildman–Crippen MR) is 89.8 cm³/mol. The Morgan fingerprint density at radius 1 is 1.35 bits per heavy atom. The second-order valence-electron chi connectivity index (χ2n) is 6.35. The molecule has 122 valence electrons. The summed E-state index contributed by atoms with van der Waals surface area (Å²) in [7, 11) is 0. The molecule has 2 aromatic rings. The normalized spacial score (nSPS) is 15.9. The van der Waals surface area contributed by atoms with E-state index in [2.05, 4.69) is 19.1 Å². The third kappa shape index (κ3) is 3.48. The number of carbonyl (C=O) groups excluding carboxylic acids is 1. The molecule has 1 aliphatic rings. The summed E-state index contributed by atoms with van der Waals surface area (Å²) in [6.07, 6.45) is 5.22. The van der Waals surface area contributed by atoms with Crippen molar-refractivity contribution in [3.8, 4) is 0 Å². The molecule has 0 saturated heterocycles. The van der Waals surface area contributed by atoms with Crippen LogP contribution in [0.15, 0.2) is 47.1 Å². The van der Waals surface area contributed by atoms with Gasteiger partial charge in [0.25, 0.3) is 5.91 Å². The molecule has 4 nitrogen and oxygen atoms in total. The van der Waals surface area contributed by atoms with E-state index in [1.54, 1.807) is 6.07 Å². The predicted octanol–water partition coefficient (Wildman–Crippen LogP) is 3.74. The van der Waals surface area contributed by atoms with Gasteiger partial charge in [-0.05, 0) is 37.3 Å². The lowest BCUT2D eigenvalue weighted by molar-refractivity contribution is 0.0613. The van der Waals surface area contributed by atoms with Gasteiger partial charge in [-0.1, -0.05) is 36.8 Å². The minimum Gasteiger partial charge on any atom is -0.467 e. The van der Waals surface area contributed by atoms with Crippen molar-refractivity contribution in [3.63, 3.8) is 0 Å². The number of hydrogen-bond donors (Lipinski definition) is 1. The van der Waals surface area contributed by atoms with E-state index in [0.29, 0.717) is 23.8 Å². The Bertz CT molecular complexity index is 646. The molecule has 0 spiro atoms. The van der Waals surface area contributed by atoms with Crippen LogP contribution in [0.1, 0.15) is 53.9 Å². The van der Waals surface area contributed by atoms with Gasteiger partial charge in [0.2, 0.25) is 0 Å². The number of furan rings is 1. The smallest absolute Gasteiger partial charge is 0.257 e. The number of amides is 1. The second-order valence-corrected chi connectivity index (χ2v) is 6.35. The van der Waals surface area contributed by atoms with Crippen LogP contribution in [0.2, 0.25) is 0 Å². The van der Waals surface area contributed by atoms with Crippen LogP contribution in [0.5, 0.6) is 0 Å². The Kier molecular flexibility index (Phi) is 4.82. The Morgan fingerprint density at radius 3 is 2.65 bits per heavy atom. The SMILES string of the molecule is CC(c1ccccc1)N(CC1CCC1)C(=O)c1coc(CN)c1. The number of benzene rings is 1. The number of hydrogen-bond acceptors (Lipinski definition) is 3. The molecule has 0 bridgehead atoms. The largest absolute Gasteiger partial charge is 0.467 e. The molecule has 1 aliphatic carbocycles. The fourth-order valence-corrected chi connectivity index (χ4v) is 3.05. The van der Waals surface area contributed by atoms with Gasteiger partial charge >= 0.3 is 0 Å². The molecular weight excluding hydrogens is 288 g/mol. The van der Waals surface area contributed by atoms with Crippen molar-refractivity contribution >= 4 is 5.91 Å². The molecule has 1 aromatic heterocycles. The monoisotopic (exact) mass is 312 g/mol. The molecule has 23 heavy (non-hydrogen) atoms. The molecule has 1 fully saturated rings. The summed E-state index contributed by atoms with van der Waals surface area (Å²) in [6, 6.07) is 12.0. The molecular formula is C19H24N2O2. The third-order valence-corrected chi connectivity index (χ3v) is 4.79. The van der Waals surface area contributed by atoms with E-state index in [0.717, 1.165) is 12.1 Å². The van der Waals surface area contributed by atoms with Gasteiger partial charge in [-0.25, -0.2) is 0 Å². The summed E-state index contributed by atoms with van der Waals surface area (Å²) in [5.41, 5.74) is 7.33. The lowest BCUT2D eigenvalue weighted by Gasteiger charge is -2.36. The summed E-state index contributed by atoms with van der Waals surface area (Å²) < 4.78 is 5.34. The lowest BCUT2D eigenvalue weighted by atomic mass is 9.84. The van der Waals surface area contributed by atoms with Gasteiger partial charge in [0.15, 0.2) is 0 Å². The molecule has 1 amide bonds. The Labute approximate surface area is 137 Å². The topological polar surface area (TPSA) is 59.5 Å². The van der Waals surface area contributed by atoms with Gasteiger partial charge < -0.3 is 15.1 Å². The van der Waals surface area contributed by atoms with Crippen LogP contribution in [0.25, 0.3) is 0 Å². The molecule has 0 aliphatic heterocycles. The van der Waals surface area contributed by atoms with Crippen molar-refractivity contribution in [2.24, 2.45) is 11.7 Å². The average molecular weight is 312 g/mol. The van der Waals surface area contributed by atoms with Crippen LogP contribution in [0.3, 0.4) is 0 Å². The zero-order valence-corrected chi connectivity index (χ0v) is 13.6. The van der Waals surface area contributed by atoms with E-state index in [-0.39, 0.29) is 11.9 Å². The summed E-state index contributed by atoms with van der Waals surface area (Å²) >= 11 is 0. The van der Waals surface area contributed by atoms with E-state index >= 15 is 0 Å². The third-order valence-electron chi connectivity index (χ3n) is 4.79. The van der Waals surface area contributed by atoms with E-state index in [4.69, 9.17) is 10.2 Å². The Hall–Kier alpha value is -2.07. The first-order chi connectivity index (χ1) is 11.2. The van der Waals surface area contributed by atoms with E-state index < -0.39 is 0 Å². The molecule has 4 heteroatoms. The quantitative estimate of drug-likeness (QED) is 0.884. The zero-order valence-electron chi connectivity index (χ0n) is 13.6. The van der Waals surface area contributed by atoms with Crippen LogP contribution in [0.4, 0.5) is 0 Å². The van der Waals surface area contributed by atoms with Gasteiger partial charge in [-0.15, -0.1) is 0 Å². The fraction of sp³-hybridized carbons (Fsp3) is 0.421. The first kappa shape index (κ1) is 15.8. The number of nitrogens with two attached hydrogens (primary N) is 1. The summed E-state index contributed by atoms with van der Waals surface area (Å²) in [6.45, 7) is 3.21. The van der Waals surface area contributed by atoms with Crippen molar-refractivity contribution < 1.29 is 9.21 Å². The van der Waals surface area contributed by atoms with Crippen LogP contribution in [-0.4, -0.2) is 17.4 Å². The van der Waals surface area contributed by atoms with Gasteiger partial charge in [-0.2, -0.15) is 0 Å². The van der Waals surface area contributed by atoms with Crippen LogP contribution in [-0.2, 0) is 6.54 Å². The van der Waals surface area contributed by atoms with Crippen LogP contribution < -0.4 is 5.73 Å². The summed E-state index contributed by atoms with van der Waals surface area (Å²) in [5, 5.41) is 0. The molecule has 3 rings (SSSR count). The number of nitrogens with zero attached hydrogens (tertiary/aromatic N) is 1. The maximum absolute atomic E-state index is 13.0. The molecule has 0 radical (unpaired) electrons. The van der Waals surface area contributed by atoms with Gasteiger partial charge in [0.05, 0.1) is 18.2 Å². The van der Waals surface area contributed by atoms with E-state index in [1.165, 1.54) is 25.5 Å². The maximum atomic E-state index is 13.0. The van der Waals surface area contributed by atoms with Crippen molar-refractivity contribution in [3.05, 3.63) is 59.5 Å². The van der Waals surface area contributed by atoms with Crippen molar-refractivity contribution in [1.29, 1.82) is 0 Å². The van der Waals surface area contributed by atoms with E-state index in [1.807, 2.05) is 23.1 Å². The molecule has 2 N–H and O–H groups in total. The summed E-state index contributed by atoms with van der Waals surface area (Å²) in [5.74, 6) is 1.28. The van der Waals surface area contributed by atoms with Crippen molar-refractivity contribution in [2.45, 2.75) is 38.8 Å². The molecule has 1 heterocycles. The fourth-order valence-electron chi connectivity index (χ4n) is 3.05. The molecule has 1 aromatic carbocycles. The maximum Gasteiger partial charge on any atom is 0.257 e. The molecule has 1 saturated carbocycles. The first-order valence-corrected chi connectivity index (χ1v) is 8.32. The lowest BCUT2D eigenvalue weighted by Crippen LogP contribution is -2.39. The van der Waals surface area contributed by atoms with Gasteiger partial charge in [-0.3, -0.25) is 4.79 Å². The van der Waals surface area contributed by atoms with E-state index in [9.17, 15) is 4.79 Å². The highest BCUT2D eigenvalue weighted by Gasteiger charge is 2.29. The number of rotatable bonds is 6. The zero-order chi connectivity index (χ0) is 16.2. The second kappa shape index (κ2) is 7.01. The highest BCUT2D eigenvalue weighted by molar-refractivity contribution is 5.94. The van der Waals surface area contributed by atoms with Crippen molar-refractivity contribution in [2.75, 3.05) is 6.54 Å². The average Bonchev–Trinajstić information content (AvgIpc) is 3.03. The molecule has 1 atom stereocenters. The first-order valence-electron chi connectivity index (χ1n) is 8.32. The highest BCUT2D eigenvalue weighted by atomic mass is 16.3. The van der Waals surface area contributed by atoms with Gasteiger partial charge in [0, 0.05) is 6.54 Å². The standard InChI is InChI=1S/C19H24N2O2/c1-14(16-8-3-2-4-9-16)21(12-15-6-5-7-15)19(22)17-10-18(11-20)23-13-17/h2-4,8-10,13-15H,5-7,11-12,20H2,1H3. The molecule has 1 unspecified atom stereocenters. The van der Waals surface area contributed by atoms with Crippen LogP contribution >= 0.6 is 0 Å². The minimum absolute atomic E-state index is 0.0247. The van der Waals surface area contributed by atoms with Crippen LogP contribution in [0, 0.1) is 5.92 Å². The minimum atomic E-state index is 0.0247. The highest BCUT2D eigenvalue weighted by Crippen LogP contribution is 2.31. The Morgan fingerprint density at radius 2 is 2.09 bits per heavy atom.